The maximum Gasteiger partial charge on any atom is 0.269 e. The lowest BCUT2D eigenvalue weighted by atomic mass is 10.0. The molecule has 1 atom stereocenters. The zero-order chi connectivity index (χ0) is 22.9. The summed E-state index contributed by atoms with van der Waals surface area (Å²) in [5.41, 5.74) is 0.466. The molecule has 1 saturated carbocycles. The molecule has 170 valence electrons. The van der Waals surface area contributed by atoms with E-state index in [0.29, 0.717) is 18.7 Å². The molecule has 1 aliphatic heterocycles. The quantitative estimate of drug-likeness (QED) is 0.498. The summed E-state index contributed by atoms with van der Waals surface area (Å²) in [6.07, 6.45) is 1.87. The Balaban J connectivity index is 1.48. The summed E-state index contributed by atoms with van der Waals surface area (Å²) < 4.78 is 40.6. The third-order valence-electron chi connectivity index (χ3n) is 5.68. The first-order chi connectivity index (χ1) is 15.3. The Kier molecular flexibility index (Phi) is 6.22. The molecule has 1 aliphatic carbocycles. The van der Waals surface area contributed by atoms with Crippen molar-refractivity contribution in [2.75, 3.05) is 26.2 Å². The molecule has 2 aliphatic rings. The highest BCUT2D eigenvalue weighted by atomic mass is 32.2. The molecule has 2 aromatic carbocycles. The highest BCUT2D eigenvalue weighted by Crippen LogP contribution is 2.28. The Morgan fingerprint density at radius 2 is 1.62 bits per heavy atom. The van der Waals surface area contributed by atoms with Crippen LogP contribution in [-0.2, 0) is 14.8 Å². The van der Waals surface area contributed by atoms with Crippen LogP contribution in [0.15, 0.2) is 53.4 Å². The van der Waals surface area contributed by atoms with E-state index in [1.54, 1.807) is 12.1 Å². The van der Waals surface area contributed by atoms with Gasteiger partial charge in [-0.1, -0.05) is 12.1 Å². The number of amides is 1. The zero-order valence-electron chi connectivity index (χ0n) is 17.2. The number of rotatable bonds is 7. The number of benzene rings is 2. The van der Waals surface area contributed by atoms with E-state index in [0.717, 1.165) is 25.0 Å². The van der Waals surface area contributed by atoms with Gasteiger partial charge in [0.2, 0.25) is 15.9 Å². The molecular weight excluding hydrogens is 439 g/mol. The number of nitro groups is 1. The fraction of sp³-hybridized carbons (Fsp3) is 0.381. The van der Waals surface area contributed by atoms with E-state index >= 15 is 0 Å². The Morgan fingerprint density at radius 1 is 1.03 bits per heavy atom. The molecule has 2 aromatic rings. The van der Waals surface area contributed by atoms with E-state index in [4.69, 9.17) is 0 Å². The largest absolute Gasteiger partial charge is 0.352 e. The molecule has 0 spiro atoms. The molecule has 0 bridgehead atoms. The molecule has 32 heavy (non-hydrogen) atoms. The third-order valence-corrected chi connectivity index (χ3v) is 7.59. The van der Waals surface area contributed by atoms with E-state index in [9.17, 15) is 27.7 Å². The molecule has 0 radical (unpaired) electrons. The number of carbonyl (C=O) groups excluding carboxylic acids is 1. The summed E-state index contributed by atoms with van der Waals surface area (Å²) in [6.45, 7) is 0.945. The van der Waals surface area contributed by atoms with Crippen LogP contribution in [0.25, 0.3) is 0 Å². The number of hydrogen-bond donors (Lipinski definition) is 1. The van der Waals surface area contributed by atoms with Crippen molar-refractivity contribution < 1.29 is 22.5 Å². The maximum absolute atomic E-state index is 13.4. The Morgan fingerprint density at radius 3 is 2.16 bits per heavy atom. The number of nitrogens with zero attached hydrogens (tertiary/aromatic N) is 3. The molecule has 4 rings (SSSR count). The van der Waals surface area contributed by atoms with Gasteiger partial charge < -0.3 is 5.32 Å². The first kappa shape index (κ1) is 22.3. The molecule has 1 N–H and O–H groups in total. The van der Waals surface area contributed by atoms with E-state index in [1.165, 1.54) is 28.6 Å². The smallest absolute Gasteiger partial charge is 0.269 e. The first-order valence-corrected chi connectivity index (χ1v) is 11.7. The molecule has 1 saturated heterocycles. The highest BCUT2D eigenvalue weighted by Gasteiger charge is 2.36. The summed E-state index contributed by atoms with van der Waals surface area (Å²) in [7, 11) is -3.82. The van der Waals surface area contributed by atoms with Gasteiger partial charge in [0, 0.05) is 44.4 Å². The number of hydrogen-bond acceptors (Lipinski definition) is 6. The average Bonchev–Trinajstić information content (AvgIpc) is 3.59. The van der Waals surface area contributed by atoms with E-state index < -0.39 is 26.8 Å². The summed E-state index contributed by atoms with van der Waals surface area (Å²) in [6, 6.07) is 10.1. The Labute approximate surface area is 185 Å². The van der Waals surface area contributed by atoms with E-state index in [2.05, 4.69) is 5.32 Å². The van der Waals surface area contributed by atoms with Gasteiger partial charge in [-0.3, -0.25) is 19.8 Å². The SMILES string of the molecule is O=C(NC1CC1)C(c1ccc(F)cc1)N1CCN(S(=O)(=O)c2ccc([N+](=O)[O-])cc2)CC1. The molecule has 11 heteroatoms. The molecular formula is C21H23FN4O5S. The fourth-order valence-electron chi connectivity index (χ4n) is 3.77. The van der Waals surface area contributed by atoms with Crippen LogP contribution in [-0.4, -0.2) is 60.7 Å². The number of non-ortho nitro benzene ring substituents is 1. The third kappa shape index (κ3) is 4.79. The number of carbonyl (C=O) groups is 1. The van der Waals surface area contributed by atoms with Crippen LogP contribution >= 0.6 is 0 Å². The van der Waals surface area contributed by atoms with Crippen LogP contribution in [0.4, 0.5) is 10.1 Å². The second-order valence-electron chi connectivity index (χ2n) is 7.93. The van der Waals surface area contributed by atoms with Crippen molar-refractivity contribution in [1.82, 2.24) is 14.5 Å². The number of piperazine rings is 1. The summed E-state index contributed by atoms with van der Waals surface area (Å²) in [5, 5.41) is 13.8. The van der Waals surface area contributed by atoms with E-state index in [1.807, 2.05) is 4.90 Å². The standard InChI is InChI=1S/C21H23FN4O5S/c22-16-3-1-15(2-4-16)20(21(27)23-17-5-6-17)24-11-13-25(14-12-24)32(30,31)19-9-7-18(8-10-19)26(28)29/h1-4,7-10,17,20H,5-6,11-14H2,(H,23,27). The Hall–Kier alpha value is -2.89. The van der Waals surface area contributed by atoms with Crippen LogP contribution in [0.2, 0.25) is 0 Å². The van der Waals surface area contributed by atoms with Crippen molar-refractivity contribution in [2.45, 2.75) is 29.8 Å². The number of nitrogens with one attached hydrogen (secondary N) is 1. The van der Waals surface area contributed by atoms with Crippen LogP contribution in [0.3, 0.4) is 0 Å². The van der Waals surface area contributed by atoms with Gasteiger partial charge in [-0.2, -0.15) is 4.31 Å². The summed E-state index contributed by atoms with van der Waals surface area (Å²) >= 11 is 0. The van der Waals surface area contributed by atoms with Gasteiger partial charge >= 0.3 is 0 Å². The van der Waals surface area contributed by atoms with Gasteiger partial charge in [0.25, 0.3) is 5.69 Å². The maximum atomic E-state index is 13.4. The average molecular weight is 463 g/mol. The van der Waals surface area contributed by atoms with Crippen LogP contribution in [0.1, 0.15) is 24.4 Å². The zero-order valence-corrected chi connectivity index (χ0v) is 18.0. The van der Waals surface area contributed by atoms with Crippen molar-refractivity contribution in [3.8, 4) is 0 Å². The molecule has 1 unspecified atom stereocenters. The fourth-order valence-corrected chi connectivity index (χ4v) is 5.19. The lowest BCUT2D eigenvalue weighted by Crippen LogP contribution is -2.52. The monoisotopic (exact) mass is 462 g/mol. The van der Waals surface area contributed by atoms with Gasteiger partial charge in [0.05, 0.1) is 9.82 Å². The van der Waals surface area contributed by atoms with Crippen molar-refractivity contribution in [3.63, 3.8) is 0 Å². The lowest BCUT2D eigenvalue weighted by Gasteiger charge is -2.38. The van der Waals surface area contributed by atoms with E-state index in [-0.39, 0.29) is 35.6 Å². The van der Waals surface area contributed by atoms with Crippen LogP contribution < -0.4 is 5.32 Å². The number of halogens is 1. The molecule has 9 nitrogen and oxygen atoms in total. The van der Waals surface area contributed by atoms with Crippen molar-refractivity contribution in [2.24, 2.45) is 0 Å². The lowest BCUT2D eigenvalue weighted by molar-refractivity contribution is -0.384. The number of nitro benzene ring substituents is 1. The van der Waals surface area contributed by atoms with Gasteiger partial charge in [0.1, 0.15) is 11.9 Å². The van der Waals surface area contributed by atoms with Crippen molar-refractivity contribution >= 4 is 21.6 Å². The topological polar surface area (TPSA) is 113 Å². The normalized spacial score (nSPS) is 18.8. The first-order valence-electron chi connectivity index (χ1n) is 10.3. The number of sulfonamides is 1. The summed E-state index contributed by atoms with van der Waals surface area (Å²) in [5.74, 6) is -0.570. The molecule has 0 aromatic heterocycles. The van der Waals surface area contributed by atoms with Crippen molar-refractivity contribution in [1.29, 1.82) is 0 Å². The second kappa shape index (κ2) is 8.93. The molecule has 2 fully saturated rings. The predicted molar refractivity (Wildman–Crippen MR) is 114 cm³/mol. The Bertz CT molecular complexity index is 1100. The predicted octanol–water partition coefficient (Wildman–Crippen LogP) is 2.06. The highest BCUT2D eigenvalue weighted by molar-refractivity contribution is 7.89. The van der Waals surface area contributed by atoms with Gasteiger partial charge in [-0.25, -0.2) is 12.8 Å². The molecule has 1 heterocycles. The van der Waals surface area contributed by atoms with Crippen LogP contribution in [0, 0.1) is 15.9 Å². The van der Waals surface area contributed by atoms with Gasteiger partial charge in [-0.05, 0) is 42.7 Å². The second-order valence-corrected chi connectivity index (χ2v) is 9.87. The minimum Gasteiger partial charge on any atom is -0.352 e. The minimum atomic E-state index is -3.82. The minimum absolute atomic E-state index is 0.0156. The van der Waals surface area contributed by atoms with Crippen molar-refractivity contribution in [3.05, 3.63) is 70.0 Å². The summed E-state index contributed by atoms with van der Waals surface area (Å²) in [4.78, 5) is 25.0. The van der Waals surface area contributed by atoms with Gasteiger partial charge in [0.15, 0.2) is 0 Å². The van der Waals surface area contributed by atoms with Crippen LogP contribution in [0.5, 0.6) is 0 Å². The molecule has 1 amide bonds. The van der Waals surface area contributed by atoms with Gasteiger partial charge in [-0.15, -0.1) is 0 Å².